The summed E-state index contributed by atoms with van der Waals surface area (Å²) in [5, 5.41) is 9.66. The second-order valence-electron chi connectivity index (χ2n) is 7.33. The van der Waals surface area contributed by atoms with E-state index in [1.807, 2.05) is 48.5 Å². The molecule has 0 spiro atoms. The van der Waals surface area contributed by atoms with Gasteiger partial charge >= 0.3 is 11.9 Å². The summed E-state index contributed by atoms with van der Waals surface area (Å²) in [6, 6.07) is 17.9. The fraction of sp³-hybridized carbons (Fsp3) is 0.208. The molecule has 1 heterocycles. The van der Waals surface area contributed by atoms with Crippen molar-refractivity contribution >= 4 is 11.9 Å². The van der Waals surface area contributed by atoms with Crippen molar-refractivity contribution in [2.45, 2.75) is 12.0 Å². The van der Waals surface area contributed by atoms with Crippen LogP contribution in [0.4, 0.5) is 0 Å². The number of benzene rings is 2. The molecule has 0 radical (unpaired) electrons. The number of carbonyl (C=O) groups excluding carboxylic acids is 1. The van der Waals surface area contributed by atoms with E-state index in [1.54, 1.807) is 12.1 Å². The zero-order valence-corrected chi connectivity index (χ0v) is 16.9. The number of nitrogens with two attached hydrogens (primary N) is 1. The summed E-state index contributed by atoms with van der Waals surface area (Å²) in [7, 11) is 1.47. The average molecular weight is 418 g/mol. The number of aliphatic carboxylic acids is 1. The molecule has 0 amide bonds. The standard InChI is InChI=1S/C24H22N2O5/c1-30-20-11-10-14(12-26-20)22(25)21(23(27)28)24(29)31-13-19-17-8-4-2-6-15(17)16-7-3-5-9-18(16)19/h2-12,19,21-22H,13,25H2,1H3,(H,27,28)/t21-,22?/m0/s1. The summed E-state index contributed by atoms with van der Waals surface area (Å²) >= 11 is 0. The minimum absolute atomic E-state index is 0.0320. The topological polar surface area (TPSA) is 112 Å². The predicted molar refractivity (Wildman–Crippen MR) is 114 cm³/mol. The zero-order chi connectivity index (χ0) is 22.0. The van der Waals surface area contributed by atoms with Crippen LogP contribution in [0.3, 0.4) is 0 Å². The van der Waals surface area contributed by atoms with Crippen LogP contribution in [0.25, 0.3) is 11.1 Å². The largest absolute Gasteiger partial charge is 0.481 e. The van der Waals surface area contributed by atoms with E-state index >= 15 is 0 Å². The minimum atomic E-state index is -1.55. The Balaban J connectivity index is 1.53. The Hall–Kier alpha value is -3.71. The summed E-state index contributed by atoms with van der Waals surface area (Å²) in [4.78, 5) is 28.7. The highest BCUT2D eigenvalue weighted by molar-refractivity contribution is 5.95. The molecule has 7 nitrogen and oxygen atoms in total. The van der Waals surface area contributed by atoms with E-state index in [2.05, 4.69) is 4.98 Å². The first-order valence-electron chi connectivity index (χ1n) is 9.84. The SMILES string of the molecule is COc1ccc(C(N)[C@@H](C(=O)O)C(=O)OCC2c3ccccc3-c3ccccc32)cn1. The molecule has 1 aliphatic rings. The number of carboxylic acid groups (broad SMARTS) is 1. The maximum Gasteiger partial charge on any atom is 0.322 e. The number of nitrogens with zero attached hydrogens (tertiary/aromatic N) is 1. The number of esters is 1. The molecule has 1 aromatic heterocycles. The lowest BCUT2D eigenvalue weighted by Crippen LogP contribution is -2.36. The Labute approximate surface area is 179 Å². The Morgan fingerprint density at radius 2 is 1.65 bits per heavy atom. The van der Waals surface area contributed by atoms with Crippen molar-refractivity contribution < 1.29 is 24.2 Å². The van der Waals surface area contributed by atoms with E-state index in [9.17, 15) is 14.7 Å². The van der Waals surface area contributed by atoms with Gasteiger partial charge in [0.2, 0.25) is 5.88 Å². The maximum absolute atomic E-state index is 12.8. The number of hydrogen-bond acceptors (Lipinski definition) is 6. The highest BCUT2D eigenvalue weighted by atomic mass is 16.5. The molecule has 158 valence electrons. The average Bonchev–Trinajstić information content (AvgIpc) is 3.11. The molecule has 31 heavy (non-hydrogen) atoms. The van der Waals surface area contributed by atoms with Crippen molar-refractivity contribution in [1.82, 2.24) is 4.98 Å². The van der Waals surface area contributed by atoms with Crippen molar-refractivity contribution in [1.29, 1.82) is 0 Å². The summed E-state index contributed by atoms with van der Waals surface area (Å²) in [6.07, 6.45) is 1.40. The summed E-state index contributed by atoms with van der Waals surface area (Å²) in [5.74, 6) is -3.58. The number of fused-ring (bicyclic) bond motifs is 3. The number of carbonyl (C=O) groups is 2. The highest BCUT2D eigenvalue weighted by Gasteiger charge is 2.37. The number of rotatable bonds is 7. The van der Waals surface area contributed by atoms with E-state index in [1.165, 1.54) is 13.3 Å². The van der Waals surface area contributed by atoms with Gasteiger partial charge in [-0.2, -0.15) is 0 Å². The van der Waals surface area contributed by atoms with Crippen LogP contribution in [0.5, 0.6) is 5.88 Å². The van der Waals surface area contributed by atoms with Gasteiger partial charge < -0.3 is 20.3 Å². The van der Waals surface area contributed by atoms with Crippen molar-refractivity contribution in [2.24, 2.45) is 11.7 Å². The number of aromatic nitrogens is 1. The minimum Gasteiger partial charge on any atom is -0.481 e. The lowest BCUT2D eigenvalue weighted by atomic mass is 9.94. The Bertz CT molecular complexity index is 1070. The van der Waals surface area contributed by atoms with Crippen LogP contribution in [-0.4, -0.2) is 35.7 Å². The van der Waals surface area contributed by atoms with E-state index < -0.39 is 23.9 Å². The molecule has 0 bridgehead atoms. The van der Waals surface area contributed by atoms with Gasteiger partial charge in [0.25, 0.3) is 0 Å². The number of pyridine rings is 1. The third-order valence-corrected chi connectivity index (χ3v) is 5.59. The molecule has 2 atom stereocenters. The number of carboxylic acids is 1. The van der Waals surface area contributed by atoms with Crippen LogP contribution >= 0.6 is 0 Å². The Morgan fingerprint density at radius 1 is 1.03 bits per heavy atom. The van der Waals surface area contributed by atoms with Crippen molar-refractivity contribution in [2.75, 3.05) is 13.7 Å². The van der Waals surface area contributed by atoms with Gasteiger partial charge in [-0.25, -0.2) is 4.98 Å². The van der Waals surface area contributed by atoms with E-state index in [0.717, 1.165) is 22.3 Å². The van der Waals surface area contributed by atoms with Gasteiger partial charge in [0, 0.05) is 18.2 Å². The second-order valence-corrected chi connectivity index (χ2v) is 7.33. The highest BCUT2D eigenvalue weighted by Crippen LogP contribution is 2.44. The van der Waals surface area contributed by atoms with Crippen LogP contribution in [0.15, 0.2) is 66.9 Å². The molecule has 1 aliphatic carbocycles. The maximum atomic E-state index is 12.8. The van der Waals surface area contributed by atoms with Crippen LogP contribution in [0.2, 0.25) is 0 Å². The first kappa shape index (κ1) is 20.6. The smallest absolute Gasteiger partial charge is 0.322 e. The Kier molecular flexibility index (Phi) is 5.68. The van der Waals surface area contributed by atoms with Crippen LogP contribution < -0.4 is 10.5 Å². The predicted octanol–water partition coefficient (Wildman–Crippen LogP) is 3.15. The van der Waals surface area contributed by atoms with Crippen LogP contribution in [0.1, 0.15) is 28.7 Å². The monoisotopic (exact) mass is 418 g/mol. The number of methoxy groups -OCH3 is 1. The summed E-state index contributed by atoms with van der Waals surface area (Å²) < 4.78 is 10.5. The quantitative estimate of drug-likeness (QED) is 0.448. The molecular formula is C24H22N2O5. The van der Waals surface area contributed by atoms with Crippen molar-refractivity contribution in [3.8, 4) is 17.0 Å². The van der Waals surface area contributed by atoms with E-state index in [0.29, 0.717) is 11.4 Å². The molecule has 0 aliphatic heterocycles. The first-order valence-corrected chi connectivity index (χ1v) is 9.84. The van der Waals surface area contributed by atoms with Gasteiger partial charge in [-0.3, -0.25) is 9.59 Å². The molecule has 0 saturated heterocycles. The number of ether oxygens (including phenoxy) is 2. The van der Waals surface area contributed by atoms with Crippen molar-refractivity contribution in [3.63, 3.8) is 0 Å². The Morgan fingerprint density at radius 3 is 2.16 bits per heavy atom. The van der Waals surface area contributed by atoms with E-state index in [-0.39, 0.29) is 12.5 Å². The molecule has 4 rings (SSSR count). The van der Waals surface area contributed by atoms with Gasteiger partial charge in [-0.15, -0.1) is 0 Å². The fourth-order valence-corrected chi connectivity index (χ4v) is 4.00. The van der Waals surface area contributed by atoms with Gasteiger partial charge in [0.15, 0.2) is 5.92 Å². The van der Waals surface area contributed by atoms with Gasteiger partial charge in [0.05, 0.1) is 13.2 Å². The summed E-state index contributed by atoms with van der Waals surface area (Å²) in [6.45, 7) is 0.0320. The zero-order valence-electron chi connectivity index (χ0n) is 16.9. The first-order chi connectivity index (χ1) is 15.0. The lowest BCUT2D eigenvalue weighted by molar-refractivity contribution is -0.160. The molecule has 2 aromatic carbocycles. The molecular weight excluding hydrogens is 396 g/mol. The third-order valence-electron chi connectivity index (χ3n) is 5.59. The molecule has 1 unspecified atom stereocenters. The van der Waals surface area contributed by atoms with E-state index in [4.69, 9.17) is 15.2 Å². The van der Waals surface area contributed by atoms with Crippen LogP contribution in [0, 0.1) is 5.92 Å². The molecule has 7 heteroatoms. The van der Waals surface area contributed by atoms with Crippen molar-refractivity contribution in [3.05, 3.63) is 83.6 Å². The lowest BCUT2D eigenvalue weighted by Gasteiger charge is -2.21. The number of hydrogen-bond donors (Lipinski definition) is 2. The molecule has 0 saturated carbocycles. The van der Waals surface area contributed by atoms with Gasteiger partial charge in [-0.05, 0) is 27.8 Å². The molecule has 0 fully saturated rings. The summed E-state index contributed by atoms with van der Waals surface area (Å²) in [5.41, 5.74) is 10.8. The third kappa shape index (κ3) is 3.87. The van der Waals surface area contributed by atoms with Gasteiger partial charge in [-0.1, -0.05) is 54.6 Å². The fourth-order valence-electron chi connectivity index (χ4n) is 4.00. The molecule has 3 aromatic rings. The molecule has 3 N–H and O–H groups in total. The normalized spacial score (nSPS) is 14.3. The van der Waals surface area contributed by atoms with Crippen LogP contribution in [-0.2, 0) is 14.3 Å². The van der Waals surface area contributed by atoms with Gasteiger partial charge in [0.1, 0.15) is 6.61 Å². The second kappa shape index (κ2) is 8.57.